The van der Waals surface area contributed by atoms with Crippen molar-refractivity contribution in [3.05, 3.63) is 0 Å². The molecule has 356 valence electrons. The van der Waals surface area contributed by atoms with E-state index in [-0.39, 0.29) is 31.1 Å². The molecule has 0 saturated carbocycles. The lowest BCUT2D eigenvalue weighted by atomic mass is 9.99. The van der Waals surface area contributed by atoms with Gasteiger partial charge in [0.25, 0.3) is 0 Å². The Hall–Kier alpha value is -1.59. The average Bonchev–Trinajstić information content (AvgIpc) is 3.23. The van der Waals surface area contributed by atoms with E-state index in [4.69, 9.17) is 14.2 Å². The van der Waals surface area contributed by atoms with Gasteiger partial charge in [-0.15, -0.1) is 0 Å². The van der Waals surface area contributed by atoms with Gasteiger partial charge in [-0.1, -0.05) is 259 Å². The van der Waals surface area contributed by atoms with Crippen LogP contribution in [-0.4, -0.2) is 37.2 Å². The van der Waals surface area contributed by atoms with Crippen molar-refractivity contribution in [3.63, 3.8) is 0 Å². The summed E-state index contributed by atoms with van der Waals surface area (Å²) in [7, 11) is 0. The quantitative estimate of drug-likeness (QED) is 0.0345. The predicted molar refractivity (Wildman–Crippen MR) is 256 cm³/mol. The first-order valence-electron chi connectivity index (χ1n) is 26.8. The third-order valence-electron chi connectivity index (χ3n) is 12.6. The van der Waals surface area contributed by atoms with Crippen molar-refractivity contribution in [1.82, 2.24) is 0 Å². The molecule has 0 aromatic carbocycles. The Morgan fingerprint density at radius 3 is 0.950 bits per heavy atom. The fraction of sp³-hybridized carbons (Fsp3) is 0.944. The second kappa shape index (κ2) is 46.9. The standard InChI is InChI=1S/C54H104O6/c1-6-8-9-10-11-12-13-20-23-29-34-39-44-52(55)58-47-51(48-59-53(56)45-40-35-30-26-25-28-33-38-43-50(5)7-2)60-54(57)46-41-36-31-24-21-18-16-14-15-17-19-22-27-32-37-42-49(3)4/h49-51H,6-48H2,1-5H3/t50?,51-/m1/s1. The molecule has 0 rings (SSSR count). The van der Waals surface area contributed by atoms with Gasteiger partial charge in [-0.2, -0.15) is 0 Å². The molecule has 1 unspecified atom stereocenters. The minimum absolute atomic E-state index is 0.0636. The SMILES string of the molecule is CCCCCCCCCCCCCCC(=O)OC[C@H](COC(=O)CCCCCCCCCCC(C)CC)OC(=O)CCCCCCCCCCCCCCCCCC(C)C. The number of carbonyl (C=O) groups excluding carboxylic acids is 3. The summed E-state index contributed by atoms with van der Waals surface area (Å²) in [5.41, 5.74) is 0. The zero-order valence-electron chi connectivity index (χ0n) is 41.1. The Bertz CT molecular complexity index is 918. The van der Waals surface area contributed by atoms with Gasteiger partial charge < -0.3 is 14.2 Å². The highest BCUT2D eigenvalue weighted by molar-refractivity contribution is 5.71. The molecule has 0 aromatic heterocycles. The third kappa shape index (κ3) is 45.9. The van der Waals surface area contributed by atoms with Crippen LogP contribution >= 0.6 is 0 Å². The summed E-state index contributed by atoms with van der Waals surface area (Å²) in [6, 6.07) is 0. The Labute approximate surface area is 374 Å². The maximum absolute atomic E-state index is 12.8. The summed E-state index contributed by atoms with van der Waals surface area (Å²) >= 11 is 0. The van der Waals surface area contributed by atoms with E-state index in [1.807, 2.05) is 0 Å². The van der Waals surface area contributed by atoms with Gasteiger partial charge >= 0.3 is 17.9 Å². The molecule has 0 aromatic rings. The smallest absolute Gasteiger partial charge is 0.306 e. The van der Waals surface area contributed by atoms with Crippen LogP contribution in [0.25, 0.3) is 0 Å². The van der Waals surface area contributed by atoms with Crippen molar-refractivity contribution in [2.24, 2.45) is 11.8 Å². The molecule has 0 bridgehead atoms. The topological polar surface area (TPSA) is 78.9 Å². The molecule has 0 heterocycles. The van der Waals surface area contributed by atoms with Gasteiger partial charge in [0.1, 0.15) is 13.2 Å². The summed E-state index contributed by atoms with van der Waals surface area (Å²) in [6.45, 7) is 11.4. The Morgan fingerprint density at radius 1 is 0.350 bits per heavy atom. The van der Waals surface area contributed by atoms with Crippen LogP contribution in [0.4, 0.5) is 0 Å². The first kappa shape index (κ1) is 58.4. The molecular formula is C54H104O6. The van der Waals surface area contributed by atoms with Crippen molar-refractivity contribution < 1.29 is 28.6 Å². The number of ether oxygens (including phenoxy) is 3. The second-order valence-corrected chi connectivity index (χ2v) is 19.2. The molecule has 0 aliphatic carbocycles. The van der Waals surface area contributed by atoms with E-state index in [9.17, 15) is 14.4 Å². The molecule has 0 N–H and O–H groups in total. The van der Waals surface area contributed by atoms with Crippen LogP contribution in [0.15, 0.2) is 0 Å². The molecule has 6 nitrogen and oxygen atoms in total. The number of esters is 3. The van der Waals surface area contributed by atoms with Crippen molar-refractivity contribution in [1.29, 1.82) is 0 Å². The van der Waals surface area contributed by atoms with Crippen molar-refractivity contribution >= 4 is 17.9 Å². The highest BCUT2D eigenvalue weighted by atomic mass is 16.6. The molecule has 0 spiro atoms. The first-order chi connectivity index (χ1) is 29.3. The number of carbonyl (C=O) groups is 3. The number of unbranched alkanes of at least 4 members (excludes halogenated alkanes) is 32. The van der Waals surface area contributed by atoms with E-state index in [1.54, 1.807) is 0 Å². The molecule has 0 aliphatic heterocycles. The van der Waals surface area contributed by atoms with Crippen LogP contribution in [0, 0.1) is 11.8 Å². The van der Waals surface area contributed by atoms with Crippen LogP contribution < -0.4 is 0 Å². The number of hydrogen-bond donors (Lipinski definition) is 0. The van der Waals surface area contributed by atoms with Crippen molar-refractivity contribution in [2.75, 3.05) is 13.2 Å². The molecular weight excluding hydrogens is 745 g/mol. The molecule has 0 fully saturated rings. The lowest BCUT2D eigenvalue weighted by Gasteiger charge is -2.18. The van der Waals surface area contributed by atoms with E-state index >= 15 is 0 Å². The fourth-order valence-corrected chi connectivity index (χ4v) is 8.13. The normalized spacial score (nSPS) is 12.5. The molecule has 0 amide bonds. The third-order valence-corrected chi connectivity index (χ3v) is 12.6. The second-order valence-electron chi connectivity index (χ2n) is 19.2. The van der Waals surface area contributed by atoms with Gasteiger partial charge in [0.05, 0.1) is 0 Å². The molecule has 2 atom stereocenters. The summed E-state index contributed by atoms with van der Waals surface area (Å²) in [4.78, 5) is 38.0. The monoisotopic (exact) mass is 849 g/mol. The van der Waals surface area contributed by atoms with Crippen LogP contribution in [0.5, 0.6) is 0 Å². The van der Waals surface area contributed by atoms with E-state index in [1.165, 1.54) is 186 Å². The molecule has 0 radical (unpaired) electrons. The Kier molecular flexibility index (Phi) is 45.7. The minimum Gasteiger partial charge on any atom is -0.462 e. The maximum atomic E-state index is 12.8. The van der Waals surface area contributed by atoms with Gasteiger partial charge in [-0.05, 0) is 31.1 Å². The summed E-state index contributed by atoms with van der Waals surface area (Å²) in [5.74, 6) is 0.849. The molecule has 60 heavy (non-hydrogen) atoms. The molecule has 6 heteroatoms. The van der Waals surface area contributed by atoms with Gasteiger partial charge in [-0.3, -0.25) is 14.4 Å². The predicted octanol–water partition coefficient (Wildman–Crippen LogP) is 17.3. The van der Waals surface area contributed by atoms with Gasteiger partial charge in [0, 0.05) is 19.3 Å². The van der Waals surface area contributed by atoms with Crippen molar-refractivity contribution in [3.8, 4) is 0 Å². The highest BCUT2D eigenvalue weighted by Crippen LogP contribution is 2.18. The Balaban J connectivity index is 4.29. The average molecular weight is 849 g/mol. The van der Waals surface area contributed by atoms with Crippen LogP contribution in [0.2, 0.25) is 0 Å². The van der Waals surface area contributed by atoms with Crippen LogP contribution in [-0.2, 0) is 28.6 Å². The number of rotatable bonds is 48. The van der Waals surface area contributed by atoms with E-state index < -0.39 is 6.10 Å². The van der Waals surface area contributed by atoms with Crippen LogP contribution in [0.3, 0.4) is 0 Å². The number of hydrogen-bond acceptors (Lipinski definition) is 6. The van der Waals surface area contributed by atoms with E-state index in [0.717, 1.165) is 69.6 Å². The van der Waals surface area contributed by atoms with Gasteiger partial charge in [0.15, 0.2) is 6.10 Å². The highest BCUT2D eigenvalue weighted by Gasteiger charge is 2.19. The van der Waals surface area contributed by atoms with Gasteiger partial charge in [-0.25, -0.2) is 0 Å². The largest absolute Gasteiger partial charge is 0.462 e. The van der Waals surface area contributed by atoms with Gasteiger partial charge in [0.2, 0.25) is 0 Å². The zero-order valence-corrected chi connectivity index (χ0v) is 41.1. The van der Waals surface area contributed by atoms with Crippen LogP contribution in [0.1, 0.15) is 298 Å². The summed E-state index contributed by atoms with van der Waals surface area (Å²) < 4.78 is 16.8. The van der Waals surface area contributed by atoms with E-state index in [0.29, 0.717) is 19.3 Å². The zero-order chi connectivity index (χ0) is 44.0. The minimum atomic E-state index is -0.762. The summed E-state index contributed by atoms with van der Waals surface area (Å²) in [6.07, 6.45) is 48.0. The molecule has 0 aliphatic rings. The van der Waals surface area contributed by atoms with Crippen molar-refractivity contribution in [2.45, 2.75) is 304 Å². The van der Waals surface area contributed by atoms with E-state index in [2.05, 4.69) is 34.6 Å². The first-order valence-corrected chi connectivity index (χ1v) is 26.8. The fourth-order valence-electron chi connectivity index (χ4n) is 8.13. The maximum Gasteiger partial charge on any atom is 0.306 e. The molecule has 0 saturated heterocycles. The summed E-state index contributed by atoms with van der Waals surface area (Å²) in [5, 5.41) is 0. The lowest BCUT2D eigenvalue weighted by Crippen LogP contribution is -2.30. The lowest BCUT2D eigenvalue weighted by molar-refractivity contribution is -0.167. The Morgan fingerprint density at radius 2 is 0.633 bits per heavy atom.